The van der Waals surface area contributed by atoms with E-state index in [2.05, 4.69) is 10.6 Å². The summed E-state index contributed by atoms with van der Waals surface area (Å²) in [5, 5.41) is 5.79. The standard InChI is InChI=1S/C13H27N3O3/c1-5-16(6-2)12(17)7-8-14-11(3)13(18)15-9-10-19-4/h11,14H,5-10H2,1-4H3,(H,15,18). The molecule has 6 nitrogen and oxygen atoms in total. The average Bonchev–Trinajstić information content (AvgIpc) is 2.40. The lowest BCUT2D eigenvalue weighted by Crippen LogP contribution is -2.44. The Morgan fingerprint density at radius 1 is 1.21 bits per heavy atom. The van der Waals surface area contributed by atoms with E-state index in [1.807, 2.05) is 13.8 Å². The normalized spacial score (nSPS) is 12.0. The van der Waals surface area contributed by atoms with Crippen LogP contribution in [0, 0.1) is 0 Å². The van der Waals surface area contributed by atoms with Crippen molar-refractivity contribution in [3.63, 3.8) is 0 Å². The van der Waals surface area contributed by atoms with Gasteiger partial charge in [0.05, 0.1) is 12.6 Å². The van der Waals surface area contributed by atoms with Gasteiger partial charge in [0.15, 0.2) is 0 Å². The first-order valence-electron chi connectivity index (χ1n) is 6.84. The fraction of sp³-hybridized carbons (Fsp3) is 0.846. The van der Waals surface area contributed by atoms with E-state index in [0.717, 1.165) is 13.1 Å². The molecule has 0 spiro atoms. The van der Waals surface area contributed by atoms with E-state index in [1.54, 1.807) is 18.9 Å². The highest BCUT2D eigenvalue weighted by molar-refractivity contribution is 5.81. The van der Waals surface area contributed by atoms with Crippen LogP contribution in [0.5, 0.6) is 0 Å². The van der Waals surface area contributed by atoms with Gasteiger partial charge in [-0.05, 0) is 20.8 Å². The number of ether oxygens (including phenoxy) is 1. The van der Waals surface area contributed by atoms with Crippen molar-refractivity contribution in [1.29, 1.82) is 0 Å². The number of hydrogen-bond acceptors (Lipinski definition) is 4. The number of methoxy groups -OCH3 is 1. The molecule has 0 heterocycles. The first-order valence-corrected chi connectivity index (χ1v) is 6.84. The van der Waals surface area contributed by atoms with Crippen LogP contribution in [0.15, 0.2) is 0 Å². The zero-order valence-corrected chi connectivity index (χ0v) is 12.5. The second-order valence-electron chi connectivity index (χ2n) is 4.28. The largest absolute Gasteiger partial charge is 0.383 e. The molecule has 0 saturated heterocycles. The first-order chi connectivity index (χ1) is 9.06. The smallest absolute Gasteiger partial charge is 0.236 e. The molecule has 0 aliphatic heterocycles. The van der Waals surface area contributed by atoms with Gasteiger partial charge in [-0.25, -0.2) is 0 Å². The lowest BCUT2D eigenvalue weighted by Gasteiger charge is -2.19. The Balaban J connectivity index is 3.81. The minimum absolute atomic E-state index is 0.0765. The van der Waals surface area contributed by atoms with E-state index in [0.29, 0.717) is 26.1 Å². The number of carbonyl (C=O) groups excluding carboxylic acids is 2. The summed E-state index contributed by atoms with van der Waals surface area (Å²) in [7, 11) is 1.59. The van der Waals surface area contributed by atoms with Gasteiger partial charge in [-0.1, -0.05) is 0 Å². The highest BCUT2D eigenvalue weighted by atomic mass is 16.5. The van der Waals surface area contributed by atoms with Gasteiger partial charge in [0, 0.05) is 39.7 Å². The lowest BCUT2D eigenvalue weighted by atomic mass is 10.3. The van der Waals surface area contributed by atoms with Gasteiger partial charge in [-0.2, -0.15) is 0 Å². The van der Waals surface area contributed by atoms with E-state index >= 15 is 0 Å². The van der Waals surface area contributed by atoms with Gasteiger partial charge >= 0.3 is 0 Å². The summed E-state index contributed by atoms with van der Waals surface area (Å²) in [6.07, 6.45) is 0.414. The van der Waals surface area contributed by atoms with Gasteiger partial charge in [-0.15, -0.1) is 0 Å². The van der Waals surface area contributed by atoms with E-state index in [1.165, 1.54) is 0 Å². The molecule has 19 heavy (non-hydrogen) atoms. The molecule has 0 radical (unpaired) electrons. The quantitative estimate of drug-likeness (QED) is 0.549. The van der Waals surface area contributed by atoms with E-state index < -0.39 is 0 Å². The van der Waals surface area contributed by atoms with E-state index in [-0.39, 0.29) is 17.9 Å². The van der Waals surface area contributed by atoms with Crippen molar-refractivity contribution in [1.82, 2.24) is 15.5 Å². The minimum atomic E-state index is -0.304. The monoisotopic (exact) mass is 273 g/mol. The molecule has 0 rings (SSSR count). The highest BCUT2D eigenvalue weighted by Crippen LogP contribution is 1.93. The zero-order valence-electron chi connectivity index (χ0n) is 12.5. The fourth-order valence-corrected chi connectivity index (χ4v) is 1.65. The fourth-order valence-electron chi connectivity index (χ4n) is 1.65. The molecule has 6 heteroatoms. The number of amides is 2. The molecular weight excluding hydrogens is 246 g/mol. The maximum Gasteiger partial charge on any atom is 0.236 e. The Hall–Kier alpha value is -1.14. The molecule has 1 atom stereocenters. The number of rotatable bonds is 10. The SMILES string of the molecule is CCN(CC)C(=O)CCNC(C)C(=O)NCCOC. The Morgan fingerprint density at radius 3 is 2.37 bits per heavy atom. The molecule has 0 aromatic heterocycles. The van der Waals surface area contributed by atoms with Gasteiger partial charge < -0.3 is 20.3 Å². The van der Waals surface area contributed by atoms with Gasteiger partial charge in [0.1, 0.15) is 0 Å². The maximum atomic E-state index is 11.7. The molecule has 0 saturated carbocycles. The predicted molar refractivity (Wildman–Crippen MR) is 74.9 cm³/mol. The number of carbonyl (C=O) groups is 2. The molecular formula is C13H27N3O3. The van der Waals surface area contributed by atoms with Gasteiger partial charge in [0.25, 0.3) is 0 Å². The van der Waals surface area contributed by atoms with E-state index in [9.17, 15) is 9.59 Å². The summed E-state index contributed by atoms with van der Waals surface area (Å²) in [4.78, 5) is 25.1. The van der Waals surface area contributed by atoms with Crippen LogP contribution in [0.1, 0.15) is 27.2 Å². The van der Waals surface area contributed by atoms with Gasteiger partial charge in [-0.3, -0.25) is 9.59 Å². The third kappa shape index (κ3) is 7.79. The van der Waals surface area contributed by atoms with Crippen LogP contribution in [0.2, 0.25) is 0 Å². The Bertz CT molecular complexity index is 268. The number of nitrogens with one attached hydrogen (secondary N) is 2. The van der Waals surface area contributed by atoms with Crippen LogP contribution in [0.3, 0.4) is 0 Å². The topological polar surface area (TPSA) is 70.7 Å². The zero-order chi connectivity index (χ0) is 14.7. The number of hydrogen-bond donors (Lipinski definition) is 2. The summed E-state index contributed by atoms with van der Waals surface area (Å²) < 4.78 is 4.85. The van der Waals surface area contributed by atoms with Crippen molar-refractivity contribution < 1.29 is 14.3 Å². The molecule has 0 aliphatic rings. The molecule has 0 aromatic rings. The van der Waals surface area contributed by atoms with Crippen LogP contribution < -0.4 is 10.6 Å². The minimum Gasteiger partial charge on any atom is -0.383 e. The summed E-state index contributed by atoms with van der Waals surface area (Å²) >= 11 is 0. The molecule has 2 amide bonds. The van der Waals surface area contributed by atoms with Crippen molar-refractivity contribution in [2.75, 3.05) is 39.9 Å². The second-order valence-corrected chi connectivity index (χ2v) is 4.28. The summed E-state index contributed by atoms with van der Waals surface area (Å²) in [5.41, 5.74) is 0. The predicted octanol–water partition coefficient (Wildman–Crippen LogP) is -0.0144. The van der Waals surface area contributed by atoms with Crippen molar-refractivity contribution in [3.05, 3.63) is 0 Å². The van der Waals surface area contributed by atoms with Crippen molar-refractivity contribution in [3.8, 4) is 0 Å². The van der Waals surface area contributed by atoms with Crippen LogP contribution >= 0.6 is 0 Å². The summed E-state index contributed by atoms with van der Waals surface area (Å²) in [6.45, 7) is 8.66. The third-order valence-corrected chi connectivity index (χ3v) is 2.90. The molecule has 0 fully saturated rings. The lowest BCUT2D eigenvalue weighted by molar-refractivity contribution is -0.131. The third-order valence-electron chi connectivity index (χ3n) is 2.90. The molecule has 0 aliphatic carbocycles. The van der Waals surface area contributed by atoms with Crippen molar-refractivity contribution in [2.45, 2.75) is 33.2 Å². The van der Waals surface area contributed by atoms with E-state index in [4.69, 9.17) is 4.74 Å². The highest BCUT2D eigenvalue weighted by Gasteiger charge is 2.13. The molecule has 2 N–H and O–H groups in total. The molecule has 1 unspecified atom stereocenters. The Kier molecular flexibility index (Phi) is 10.1. The van der Waals surface area contributed by atoms with Crippen LogP contribution in [-0.2, 0) is 14.3 Å². The number of nitrogens with zero attached hydrogens (tertiary/aromatic N) is 1. The molecule has 112 valence electrons. The first kappa shape index (κ1) is 17.9. The average molecular weight is 273 g/mol. The van der Waals surface area contributed by atoms with Crippen molar-refractivity contribution >= 4 is 11.8 Å². The molecule has 0 bridgehead atoms. The second kappa shape index (κ2) is 10.8. The Morgan fingerprint density at radius 2 is 1.84 bits per heavy atom. The Labute approximate surface area is 115 Å². The van der Waals surface area contributed by atoms with Crippen molar-refractivity contribution in [2.24, 2.45) is 0 Å². The van der Waals surface area contributed by atoms with Crippen LogP contribution in [0.4, 0.5) is 0 Å². The molecule has 0 aromatic carbocycles. The summed E-state index contributed by atoms with van der Waals surface area (Å²) in [6, 6.07) is -0.304. The maximum absolute atomic E-state index is 11.7. The van der Waals surface area contributed by atoms with Crippen LogP contribution in [0.25, 0.3) is 0 Å². The van der Waals surface area contributed by atoms with Gasteiger partial charge in [0.2, 0.25) is 11.8 Å². The summed E-state index contributed by atoms with van der Waals surface area (Å²) in [5.74, 6) is 0.0387. The van der Waals surface area contributed by atoms with Crippen LogP contribution in [-0.4, -0.2) is 62.7 Å².